The van der Waals surface area contributed by atoms with Crippen molar-refractivity contribution < 1.29 is 0 Å². The van der Waals surface area contributed by atoms with Gasteiger partial charge in [0, 0.05) is 44.6 Å². The number of hydrogen-bond acceptors (Lipinski definition) is 7. The highest BCUT2D eigenvalue weighted by atomic mass is 15.3. The van der Waals surface area contributed by atoms with Crippen molar-refractivity contribution in [2.75, 3.05) is 49.2 Å². The van der Waals surface area contributed by atoms with Gasteiger partial charge in [-0.25, -0.2) is 4.68 Å². The first-order valence-corrected chi connectivity index (χ1v) is 9.53. The minimum atomic E-state index is 0.0232. The van der Waals surface area contributed by atoms with Gasteiger partial charge in [0.25, 0.3) is 0 Å². The molecule has 8 heteroatoms. The molecule has 0 aliphatic carbocycles. The molecule has 28 heavy (non-hydrogen) atoms. The van der Waals surface area contributed by atoms with Crippen LogP contribution in [0.4, 0.5) is 17.6 Å². The van der Waals surface area contributed by atoms with Gasteiger partial charge in [0.15, 0.2) is 0 Å². The average molecular weight is 378 g/mol. The van der Waals surface area contributed by atoms with E-state index in [4.69, 9.17) is 5.73 Å². The molecule has 0 amide bonds. The maximum absolute atomic E-state index is 6.00. The smallest absolute Gasteiger partial charge is 0.223 e. The minimum absolute atomic E-state index is 0.0232. The Morgan fingerprint density at radius 1 is 1.07 bits per heavy atom. The minimum Gasteiger partial charge on any atom is -0.368 e. The van der Waals surface area contributed by atoms with Crippen LogP contribution in [0.3, 0.4) is 0 Å². The summed E-state index contributed by atoms with van der Waals surface area (Å²) in [6.07, 6.45) is 3.72. The molecule has 4 rings (SSSR count). The van der Waals surface area contributed by atoms with Gasteiger partial charge in [-0.05, 0) is 31.7 Å². The Hall–Kier alpha value is -3.13. The summed E-state index contributed by atoms with van der Waals surface area (Å²) in [5.41, 5.74) is 8.17. The van der Waals surface area contributed by atoms with Crippen LogP contribution in [0, 0.1) is 0 Å². The molecule has 1 unspecified atom stereocenters. The monoisotopic (exact) mass is 378 g/mol. The molecule has 1 aliphatic heterocycles. The normalized spacial score (nSPS) is 16.1. The van der Waals surface area contributed by atoms with Crippen molar-refractivity contribution in [3.05, 3.63) is 54.4 Å². The SMILES string of the molecule is CC(Nc1cc(N2CCN(C)CC2)nc(N)n1)c1ccccc1-n1cccn1. The Bertz CT molecular complexity index is 916. The molecule has 3 heterocycles. The highest BCUT2D eigenvalue weighted by molar-refractivity contribution is 5.55. The van der Waals surface area contributed by atoms with E-state index < -0.39 is 0 Å². The zero-order valence-electron chi connectivity index (χ0n) is 16.3. The predicted octanol–water partition coefficient (Wildman–Crippen LogP) is 2.17. The van der Waals surface area contributed by atoms with Gasteiger partial charge in [-0.15, -0.1) is 0 Å². The molecule has 1 atom stereocenters. The number of nitrogen functional groups attached to an aromatic ring is 1. The van der Waals surface area contributed by atoms with E-state index in [2.05, 4.69) is 56.3 Å². The molecular formula is C20H26N8. The summed E-state index contributed by atoms with van der Waals surface area (Å²) in [6.45, 7) is 6.00. The van der Waals surface area contributed by atoms with E-state index in [9.17, 15) is 0 Å². The van der Waals surface area contributed by atoms with Gasteiger partial charge in [-0.2, -0.15) is 15.1 Å². The summed E-state index contributed by atoms with van der Waals surface area (Å²) in [6, 6.07) is 12.1. The van der Waals surface area contributed by atoms with Crippen LogP contribution in [0.15, 0.2) is 48.8 Å². The van der Waals surface area contributed by atoms with Crippen molar-refractivity contribution in [1.82, 2.24) is 24.6 Å². The molecule has 146 valence electrons. The number of likely N-dealkylation sites (N-methyl/N-ethyl adjacent to an activating group) is 1. The third-order valence-electron chi connectivity index (χ3n) is 5.08. The highest BCUT2D eigenvalue weighted by Gasteiger charge is 2.18. The molecule has 1 saturated heterocycles. The first-order valence-electron chi connectivity index (χ1n) is 9.53. The van der Waals surface area contributed by atoms with Gasteiger partial charge in [-0.1, -0.05) is 18.2 Å². The van der Waals surface area contributed by atoms with E-state index in [1.165, 1.54) is 0 Å². The second-order valence-corrected chi connectivity index (χ2v) is 7.14. The van der Waals surface area contributed by atoms with Gasteiger partial charge in [-0.3, -0.25) is 0 Å². The lowest BCUT2D eigenvalue weighted by molar-refractivity contribution is 0.312. The van der Waals surface area contributed by atoms with E-state index >= 15 is 0 Å². The Morgan fingerprint density at radius 3 is 2.61 bits per heavy atom. The van der Waals surface area contributed by atoms with Gasteiger partial charge < -0.3 is 20.9 Å². The van der Waals surface area contributed by atoms with Crippen LogP contribution in [-0.2, 0) is 0 Å². The number of nitrogens with two attached hydrogens (primary N) is 1. The number of nitrogens with zero attached hydrogens (tertiary/aromatic N) is 6. The van der Waals surface area contributed by atoms with Crippen molar-refractivity contribution in [2.24, 2.45) is 0 Å². The maximum atomic E-state index is 6.00. The fourth-order valence-electron chi connectivity index (χ4n) is 3.50. The second kappa shape index (κ2) is 7.85. The van der Waals surface area contributed by atoms with E-state index in [1.807, 2.05) is 35.1 Å². The lowest BCUT2D eigenvalue weighted by Crippen LogP contribution is -2.44. The molecular weight excluding hydrogens is 352 g/mol. The van der Waals surface area contributed by atoms with Crippen LogP contribution in [0.25, 0.3) is 5.69 Å². The summed E-state index contributed by atoms with van der Waals surface area (Å²) in [7, 11) is 2.14. The van der Waals surface area contributed by atoms with E-state index in [-0.39, 0.29) is 12.0 Å². The average Bonchev–Trinajstić information content (AvgIpc) is 3.23. The molecule has 2 aromatic heterocycles. The van der Waals surface area contributed by atoms with Gasteiger partial charge in [0.05, 0.1) is 11.7 Å². The first-order chi connectivity index (χ1) is 13.6. The maximum Gasteiger partial charge on any atom is 0.223 e. The number of anilines is 3. The van der Waals surface area contributed by atoms with Crippen molar-refractivity contribution in [2.45, 2.75) is 13.0 Å². The van der Waals surface area contributed by atoms with E-state index in [1.54, 1.807) is 6.20 Å². The third-order valence-corrected chi connectivity index (χ3v) is 5.08. The summed E-state index contributed by atoms with van der Waals surface area (Å²) in [4.78, 5) is 13.4. The molecule has 1 fully saturated rings. The Balaban J connectivity index is 1.56. The number of nitrogens with one attached hydrogen (secondary N) is 1. The zero-order valence-corrected chi connectivity index (χ0v) is 16.3. The van der Waals surface area contributed by atoms with Crippen molar-refractivity contribution >= 4 is 17.6 Å². The van der Waals surface area contributed by atoms with Crippen LogP contribution >= 0.6 is 0 Å². The van der Waals surface area contributed by atoms with E-state index in [0.717, 1.165) is 49.1 Å². The van der Waals surface area contributed by atoms with Crippen molar-refractivity contribution in [3.63, 3.8) is 0 Å². The molecule has 0 saturated carbocycles. The summed E-state index contributed by atoms with van der Waals surface area (Å²) < 4.78 is 1.87. The lowest BCUT2D eigenvalue weighted by Gasteiger charge is -2.33. The topological polar surface area (TPSA) is 88.1 Å². The number of hydrogen-bond donors (Lipinski definition) is 2. The Morgan fingerprint density at radius 2 is 1.86 bits per heavy atom. The van der Waals surface area contributed by atoms with Crippen molar-refractivity contribution in [3.8, 4) is 5.69 Å². The van der Waals surface area contributed by atoms with Gasteiger partial charge >= 0.3 is 0 Å². The second-order valence-electron chi connectivity index (χ2n) is 7.14. The fraction of sp³-hybridized carbons (Fsp3) is 0.350. The van der Waals surface area contributed by atoms with E-state index in [0.29, 0.717) is 0 Å². The van der Waals surface area contributed by atoms with Gasteiger partial charge in [0.1, 0.15) is 11.6 Å². The molecule has 1 aliphatic rings. The molecule has 0 spiro atoms. The number of rotatable bonds is 5. The lowest BCUT2D eigenvalue weighted by atomic mass is 10.1. The van der Waals surface area contributed by atoms with Crippen molar-refractivity contribution in [1.29, 1.82) is 0 Å². The largest absolute Gasteiger partial charge is 0.368 e. The summed E-state index contributed by atoms with van der Waals surface area (Å²) >= 11 is 0. The quantitative estimate of drug-likeness (QED) is 0.703. The molecule has 3 N–H and O–H groups in total. The fourth-order valence-corrected chi connectivity index (χ4v) is 3.50. The molecule has 1 aromatic carbocycles. The number of piperazine rings is 1. The van der Waals surface area contributed by atoms with Crippen LogP contribution < -0.4 is 16.0 Å². The number of aromatic nitrogens is 4. The molecule has 8 nitrogen and oxygen atoms in total. The van der Waals surface area contributed by atoms with Crippen LogP contribution in [-0.4, -0.2) is 57.9 Å². The predicted molar refractivity (Wildman–Crippen MR) is 112 cm³/mol. The third kappa shape index (κ3) is 3.91. The zero-order chi connectivity index (χ0) is 19.5. The number of benzene rings is 1. The Labute approximate surface area is 165 Å². The Kier molecular flexibility index (Phi) is 5.12. The van der Waals surface area contributed by atoms with Crippen LogP contribution in [0.5, 0.6) is 0 Å². The van der Waals surface area contributed by atoms with Gasteiger partial charge in [0.2, 0.25) is 5.95 Å². The highest BCUT2D eigenvalue weighted by Crippen LogP contribution is 2.26. The first kappa shape index (κ1) is 18.2. The standard InChI is InChI=1S/C20H26N8/c1-15(16-6-3-4-7-17(16)28-9-5-8-22-28)23-18-14-19(25-20(21)24-18)27-12-10-26(2)11-13-27/h3-9,14-15H,10-13H2,1-2H3,(H3,21,23,24,25). The molecule has 0 bridgehead atoms. The molecule has 0 radical (unpaired) electrons. The van der Waals surface area contributed by atoms with Crippen LogP contribution in [0.1, 0.15) is 18.5 Å². The number of para-hydroxylation sites is 1. The summed E-state index contributed by atoms with van der Waals surface area (Å²) in [5, 5.41) is 7.85. The molecule has 3 aromatic rings. The summed E-state index contributed by atoms with van der Waals surface area (Å²) in [5.74, 6) is 1.88. The van der Waals surface area contributed by atoms with Crippen LogP contribution in [0.2, 0.25) is 0 Å².